The fourth-order valence-corrected chi connectivity index (χ4v) is 4.04. The van der Waals surface area contributed by atoms with Crippen molar-refractivity contribution in [2.45, 2.75) is 12.8 Å². The molecule has 0 spiro atoms. The first-order valence-corrected chi connectivity index (χ1v) is 11.2. The molecule has 0 unspecified atom stereocenters. The standard InChI is InChI=1S/C19H22Cl2N2O5S/c1-27-14-7-9-16(18(12-14)28-2)22-19(24)5-4-10-23(29(3,25)26)17-11-13(20)6-8-15(17)21/h6-9,11-12H,4-5,10H2,1-3H3,(H,22,24). The van der Waals surface area contributed by atoms with Gasteiger partial charge in [-0.05, 0) is 36.8 Å². The number of nitrogens with one attached hydrogen (secondary N) is 1. The second-order valence-corrected chi connectivity index (χ2v) is 8.90. The first-order chi connectivity index (χ1) is 13.7. The van der Waals surface area contributed by atoms with Gasteiger partial charge in [-0.15, -0.1) is 0 Å². The highest BCUT2D eigenvalue weighted by Crippen LogP contribution is 2.31. The molecular weight excluding hydrogens is 439 g/mol. The van der Waals surface area contributed by atoms with Crippen molar-refractivity contribution < 1.29 is 22.7 Å². The van der Waals surface area contributed by atoms with Crippen molar-refractivity contribution in [3.63, 3.8) is 0 Å². The fourth-order valence-electron chi connectivity index (χ4n) is 2.64. The number of rotatable bonds is 9. The van der Waals surface area contributed by atoms with Gasteiger partial charge in [-0.3, -0.25) is 9.10 Å². The molecule has 0 heterocycles. The molecule has 2 aromatic rings. The predicted octanol–water partition coefficient (Wildman–Crippen LogP) is 4.20. The maximum atomic E-state index is 12.3. The van der Waals surface area contributed by atoms with Crippen LogP contribution < -0.4 is 19.1 Å². The summed E-state index contributed by atoms with van der Waals surface area (Å²) in [4.78, 5) is 12.3. The summed E-state index contributed by atoms with van der Waals surface area (Å²) >= 11 is 12.1. The van der Waals surface area contributed by atoms with Crippen molar-refractivity contribution in [1.29, 1.82) is 0 Å². The molecule has 0 radical (unpaired) electrons. The van der Waals surface area contributed by atoms with E-state index in [0.717, 1.165) is 10.6 Å². The van der Waals surface area contributed by atoms with Gasteiger partial charge in [-0.2, -0.15) is 0 Å². The van der Waals surface area contributed by atoms with Crippen LogP contribution in [-0.2, 0) is 14.8 Å². The van der Waals surface area contributed by atoms with Gasteiger partial charge in [0.15, 0.2) is 0 Å². The lowest BCUT2D eigenvalue weighted by Crippen LogP contribution is -2.31. The van der Waals surface area contributed by atoms with Crippen LogP contribution in [0, 0.1) is 0 Å². The summed E-state index contributed by atoms with van der Waals surface area (Å²) in [5.41, 5.74) is 0.773. The lowest BCUT2D eigenvalue weighted by Gasteiger charge is -2.23. The summed E-state index contributed by atoms with van der Waals surface area (Å²) in [7, 11) is -0.584. The Morgan fingerprint density at radius 3 is 2.45 bits per heavy atom. The summed E-state index contributed by atoms with van der Waals surface area (Å²) in [6, 6.07) is 9.60. The minimum absolute atomic E-state index is 0.0755. The third kappa shape index (κ3) is 6.42. The number of benzene rings is 2. The van der Waals surface area contributed by atoms with E-state index in [-0.39, 0.29) is 36.0 Å². The highest BCUT2D eigenvalue weighted by molar-refractivity contribution is 7.92. The van der Waals surface area contributed by atoms with Crippen molar-refractivity contribution in [1.82, 2.24) is 0 Å². The highest BCUT2D eigenvalue weighted by atomic mass is 35.5. The van der Waals surface area contributed by atoms with Crippen molar-refractivity contribution in [3.05, 3.63) is 46.4 Å². The zero-order valence-corrected chi connectivity index (χ0v) is 18.6. The Hall–Kier alpha value is -2.16. The zero-order valence-electron chi connectivity index (χ0n) is 16.2. The molecule has 0 bridgehead atoms. The average Bonchev–Trinajstić information content (AvgIpc) is 2.66. The van der Waals surface area contributed by atoms with Gasteiger partial charge < -0.3 is 14.8 Å². The van der Waals surface area contributed by atoms with Crippen molar-refractivity contribution in [2.24, 2.45) is 0 Å². The SMILES string of the molecule is COc1ccc(NC(=O)CCCN(c2cc(Cl)ccc2Cl)S(C)(=O)=O)c(OC)c1. The van der Waals surface area contributed by atoms with Crippen molar-refractivity contribution >= 4 is 50.5 Å². The molecule has 0 saturated carbocycles. The second-order valence-electron chi connectivity index (χ2n) is 6.15. The molecule has 10 heteroatoms. The Morgan fingerprint density at radius 1 is 1.10 bits per heavy atom. The Kier molecular flexibility index (Phi) is 8.01. The molecule has 29 heavy (non-hydrogen) atoms. The number of hydrogen-bond donors (Lipinski definition) is 1. The van der Waals surface area contributed by atoms with E-state index in [1.807, 2.05) is 0 Å². The van der Waals surface area contributed by atoms with Crippen LogP contribution in [0.1, 0.15) is 12.8 Å². The number of nitrogens with zero attached hydrogens (tertiary/aromatic N) is 1. The molecule has 0 aliphatic carbocycles. The molecular formula is C19H22Cl2N2O5S. The first kappa shape index (κ1) is 23.1. The van der Waals surface area contributed by atoms with Crippen molar-refractivity contribution in [2.75, 3.05) is 36.6 Å². The topological polar surface area (TPSA) is 84.9 Å². The van der Waals surface area contributed by atoms with E-state index < -0.39 is 10.0 Å². The van der Waals surface area contributed by atoms with Gasteiger partial charge in [0, 0.05) is 24.1 Å². The fraction of sp³-hybridized carbons (Fsp3) is 0.316. The van der Waals surface area contributed by atoms with E-state index in [9.17, 15) is 13.2 Å². The molecule has 2 aromatic carbocycles. The molecule has 0 aliphatic heterocycles. The summed E-state index contributed by atoms with van der Waals surface area (Å²) in [6.45, 7) is 0.0755. The van der Waals surface area contributed by atoms with E-state index in [0.29, 0.717) is 22.2 Å². The third-order valence-corrected chi connectivity index (χ3v) is 5.76. The number of carbonyl (C=O) groups is 1. The average molecular weight is 461 g/mol. The molecule has 0 aliphatic rings. The van der Waals surface area contributed by atoms with Gasteiger partial charge in [0.2, 0.25) is 15.9 Å². The largest absolute Gasteiger partial charge is 0.497 e. The summed E-state index contributed by atoms with van der Waals surface area (Å²) < 4.78 is 35.9. The Labute approximate surface area is 180 Å². The van der Waals surface area contributed by atoms with Crippen LogP contribution in [0.2, 0.25) is 10.0 Å². The number of anilines is 2. The molecule has 1 amide bonds. The smallest absolute Gasteiger partial charge is 0.232 e. The number of methoxy groups -OCH3 is 2. The van der Waals surface area contributed by atoms with E-state index in [4.69, 9.17) is 32.7 Å². The third-order valence-electron chi connectivity index (χ3n) is 4.03. The van der Waals surface area contributed by atoms with Gasteiger partial charge >= 0.3 is 0 Å². The maximum absolute atomic E-state index is 12.3. The van der Waals surface area contributed by atoms with Crippen LogP contribution in [0.4, 0.5) is 11.4 Å². The van der Waals surface area contributed by atoms with E-state index in [1.54, 1.807) is 24.3 Å². The minimum Gasteiger partial charge on any atom is -0.497 e. The normalized spacial score (nSPS) is 11.1. The Balaban J connectivity index is 2.05. The molecule has 0 atom stereocenters. The zero-order chi connectivity index (χ0) is 21.6. The van der Waals surface area contributed by atoms with E-state index in [1.165, 1.54) is 26.4 Å². The van der Waals surface area contributed by atoms with Gasteiger partial charge in [0.05, 0.1) is 36.9 Å². The lowest BCUT2D eigenvalue weighted by molar-refractivity contribution is -0.116. The molecule has 0 aromatic heterocycles. The van der Waals surface area contributed by atoms with Crippen LogP contribution in [0.25, 0.3) is 0 Å². The van der Waals surface area contributed by atoms with Crippen LogP contribution >= 0.6 is 23.2 Å². The quantitative estimate of drug-likeness (QED) is 0.605. The maximum Gasteiger partial charge on any atom is 0.232 e. The number of halogens is 2. The summed E-state index contributed by atoms with van der Waals surface area (Å²) in [5, 5.41) is 3.37. The molecule has 7 nitrogen and oxygen atoms in total. The van der Waals surface area contributed by atoms with Gasteiger partial charge in [0.1, 0.15) is 11.5 Å². The Bertz CT molecular complexity index is 983. The van der Waals surface area contributed by atoms with Crippen LogP contribution in [-0.4, -0.2) is 41.3 Å². The number of carbonyl (C=O) groups excluding carboxylic acids is 1. The van der Waals surface area contributed by atoms with Crippen LogP contribution in [0.15, 0.2) is 36.4 Å². The molecule has 2 rings (SSSR count). The molecule has 0 saturated heterocycles. The van der Waals surface area contributed by atoms with Crippen molar-refractivity contribution in [3.8, 4) is 11.5 Å². The second kappa shape index (κ2) is 10.0. The van der Waals surface area contributed by atoms with Crippen LogP contribution in [0.5, 0.6) is 11.5 Å². The predicted molar refractivity (Wildman–Crippen MR) is 116 cm³/mol. The van der Waals surface area contributed by atoms with Gasteiger partial charge in [-0.25, -0.2) is 8.42 Å². The highest BCUT2D eigenvalue weighted by Gasteiger charge is 2.20. The number of sulfonamides is 1. The summed E-state index contributed by atoms with van der Waals surface area (Å²) in [5.74, 6) is 0.780. The van der Waals surface area contributed by atoms with Gasteiger partial charge in [0.25, 0.3) is 0 Å². The monoisotopic (exact) mass is 460 g/mol. The van der Waals surface area contributed by atoms with Crippen LogP contribution in [0.3, 0.4) is 0 Å². The number of amides is 1. The molecule has 158 valence electrons. The van der Waals surface area contributed by atoms with Gasteiger partial charge in [-0.1, -0.05) is 23.2 Å². The lowest BCUT2D eigenvalue weighted by atomic mass is 10.2. The number of hydrogen-bond acceptors (Lipinski definition) is 5. The van der Waals surface area contributed by atoms with E-state index >= 15 is 0 Å². The van der Waals surface area contributed by atoms with E-state index in [2.05, 4.69) is 5.32 Å². The molecule has 0 fully saturated rings. The molecule has 1 N–H and O–H groups in total. The minimum atomic E-state index is -3.61. The first-order valence-electron chi connectivity index (χ1n) is 8.60. The number of ether oxygens (including phenoxy) is 2. The Morgan fingerprint density at radius 2 is 1.83 bits per heavy atom. The summed E-state index contributed by atoms with van der Waals surface area (Å²) in [6.07, 6.45) is 1.45.